The van der Waals surface area contributed by atoms with Crippen LogP contribution < -0.4 is 5.32 Å². The lowest BCUT2D eigenvalue weighted by Gasteiger charge is -2.37. The molecule has 0 aromatic rings. The van der Waals surface area contributed by atoms with Crippen LogP contribution in [-0.4, -0.2) is 54.5 Å². The highest BCUT2D eigenvalue weighted by Gasteiger charge is 2.29. The molecule has 0 bridgehead atoms. The first kappa shape index (κ1) is 11.7. The highest BCUT2D eigenvalue weighted by atomic mass is 16.5. The summed E-state index contributed by atoms with van der Waals surface area (Å²) in [6.45, 7) is 1.81. The molecule has 5 heteroatoms. The lowest BCUT2D eigenvalue weighted by atomic mass is 9.91. The van der Waals surface area contributed by atoms with Crippen LogP contribution in [0.25, 0.3) is 0 Å². The van der Waals surface area contributed by atoms with Crippen LogP contribution in [-0.2, 0) is 4.74 Å². The second-order valence-electron chi connectivity index (χ2n) is 4.51. The van der Waals surface area contributed by atoms with Crippen molar-refractivity contribution in [1.82, 2.24) is 10.2 Å². The average Bonchev–Trinajstić information content (AvgIpc) is 2.67. The number of aliphatic hydroxyl groups is 1. The van der Waals surface area contributed by atoms with Gasteiger partial charge in [-0.1, -0.05) is 0 Å². The Morgan fingerprint density at radius 3 is 2.75 bits per heavy atom. The molecule has 1 saturated carbocycles. The van der Waals surface area contributed by atoms with Gasteiger partial charge in [-0.25, -0.2) is 4.79 Å². The molecule has 2 rings (SSSR count). The number of aliphatic hydroxyl groups excluding tert-OH is 1. The predicted octanol–water partition coefficient (Wildman–Crippen LogP) is 0.332. The molecular formula is C11H20N2O3. The van der Waals surface area contributed by atoms with Crippen molar-refractivity contribution >= 4 is 6.03 Å². The Morgan fingerprint density at radius 2 is 2.25 bits per heavy atom. The summed E-state index contributed by atoms with van der Waals surface area (Å²) in [6.07, 6.45) is 4.21. The fourth-order valence-electron chi connectivity index (χ4n) is 2.16. The summed E-state index contributed by atoms with van der Waals surface area (Å²) in [7, 11) is 0. The van der Waals surface area contributed by atoms with Gasteiger partial charge in [0.15, 0.2) is 0 Å². The number of rotatable bonds is 4. The van der Waals surface area contributed by atoms with Crippen molar-refractivity contribution in [1.29, 1.82) is 0 Å². The maximum absolute atomic E-state index is 12.0. The maximum Gasteiger partial charge on any atom is 0.318 e. The van der Waals surface area contributed by atoms with Gasteiger partial charge in [0.1, 0.15) is 0 Å². The van der Waals surface area contributed by atoms with E-state index in [9.17, 15) is 4.79 Å². The molecule has 2 fully saturated rings. The van der Waals surface area contributed by atoms with Crippen LogP contribution in [0.1, 0.15) is 25.7 Å². The topological polar surface area (TPSA) is 61.8 Å². The molecule has 0 aromatic heterocycles. The molecule has 1 aliphatic heterocycles. The van der Waals surface area contributed by atoms with E-state index >= 15 is 0 Å². The Labute approximate surface area is 95.8 Å². The lowest BCUT2D eigenvalue weighted by molar-refractivity contribution is 0.115. The largest absolute Gasteiger partial charge is 0.395 e. The first-order valence-electron chi connectivity index (χ1n) is 6.07. The van der Waals surface area contributed by atoms with Crippen LogP contribution in [0.4, 0.5) is 4.79 Å². The molecule has 1 unspecified atom stereocenters. The van der Waals surface area contributed by atoms with E-state index < -0.39 is 0 Å². The zero-order chi connectivity index (χ0) is 11.4. The lowest BCUT2D eigenvalue weighted by Crippen LogP contribution is -2.52. The summed E-state index contributed by atoms with van der Waals surface area (Å²) in [6, 6.07) is 0.428. The molecular weight excluding hydrogens is 208 g/mol. The molecule has 2 N–H and O–H groups in total. The van der Waals surface area contributed by atoms with E-state index in [1.54, 1.807) is 4.90 Å². The summed E-state index contributed by atoms with van der Waals surface area (Å²) >= 11 is 0. The molecule has 1 atom stereocenters. The zero-order valence-corrected chi connectivity index (χ0v) is 9.52. The van der Waals surface area contributed by atoms with Crippen molar-refractivity contribution < 1.29 is 14.6 Å². The van der Waals surface area contributed by atoms with Gasteiger partial charge in [-0.15, -0.1) is 0 Å². The van der Waals surface area contributed by atoms with Gasteiger partial charge >= 0.3 is 6.03 Å². The number of carbonyl (C=O) groups is 1. The van der Waals surface area contributed by atoms with Gasteiger partial charge in [0, 0.05) is 19.2 Å². The first-order valence-corrected chi connectivity index (χ1v) is 6.07. The Kier molecular flexibility index (Phi) is 4.01. The summed E-state index contributed by atoms with van der Waals surface area (Å²) in [5, 5.41) is 11.9. The molecule has 92 valence electrons. The Hall–Kier alpha value is -0.810. The molecule has 0 aromatic carbocycles. The summed E-state index contributed by atoms with van der Waals surface area (Å²) < 4.78 is 5.22. The first-order chi connectivity index (χ1) is 7.81. The van der Waals surface area contributed by atoms with E-state index in [4.69, 9.17) is 9.84 Å². The van der Waals surface area contributed by atoms with E-state index in [0.717, 1.165) is 25.9 Å². The van der Waals surface area contributed by atoms with E-state index in [2.05, 4.69) is 5.32 Å². The number of carbonyl (C=O) groups excluding carboxylic acids is 1. The van der Waals surface area contributed by atoms with Gasteiger partial charge in [0.25, 0.3) is 0 Å². The molecule has 1 saturated heterocycles. The fraction of sp³-hybridized carbons (Fsp3) is 0.909. The van der Waals surface area contributed by atoms with Crippen molar-refractivity contribution in [3.8, 4) is 0 Å². The van der Waals surface area contributed by atoms with Gasteiger partial charge < -0.3 is 20.1 Å². The fourth-order valence-corrected chi connectivity index (χ4v) is 2.16. The van der Waals surface area contributed by atoms with Crippen LogP contribution >= 0.6 is 0 Å². The highest BCUT2D eigenvalue weighted by molar-refractivity contribution is 5.75. The van der Waals surface area contributed by atoms with E-state index in [-0.39, 0.29) is 18.7 Å². The number of nitrogens with zero attached hydrogens (tertiary/aromatic N) is 1. The quantitative estimate of drug-likeness (QED) is 0.729. The molecule has 2 aliphatic rings. The molecule has 5 nitrogen and oxygen atoms in total. The average molecular weight is 228 g/mol. The van der Waals surface area contributed by atoms with Gasteiger partial charge in [-0.05, 0) is 25.7 Å². The normalized spacial score (nSPS) is 25.2. The van der Waals surface area contributed by atoms with E-state index in [1.165, 1.54) is 6.42 Å². The molecule has 2 amide bonds. The zero-order valence-electron chi connectivity index (χ0n) is 9.52. The monoisotopic (exact) mass is 228 g/mol. The van der Waals surface area contributed by atoms with Crippen molar-refractivity contribution in [3.63, 3.8) is 0 Å². The highest BCUT2D eigenvalue weighted by Crippen LogP contribution is 2.24. The Balaban J connectivity index is 1.82. The van der Waals surface area contributed by atoms with Gasteiger partial charge in [-0.3, -0.25) is 0 Å². The number of ether oxygens (including phenoxy) is 1. The van der Waals surface area contributed by atoms with Gasteiger partial charge in [-0.2, -0.15) is 0 Å². The minimum absolute atomic E-state index is 0.0328. The Bertz CT molecular complexity index is 237. The van der Waals surface area contributed by atoms with Crippen LogP contribution in [0.3, 0.4) is 0 Å². The maximum atomic E-state index is 12.0. The van der Waals surface area contributed by atoms with Crippen LogP contribution in [0, 0.1) is 0 Å². The number of nitrogens with one attached hydrogen (secondary N) is 1. The predicted molar refractivity (Wildman–Crippen MR) is 59.2 cm³/mol. The third-order valence-electron chi connectivity index (χ3n) is 3.37. The van der Waals surface area contributed by atoms with Crippen molar-refractivity contribution in [2.45, 2.75) is 37.8 Å². The van der Waals surface area contributed by atoms with Crippen molar-refractivity contribution in [3.05, 3.63) is 0 Å². The van der Waals surface area contributed by atoms with E-state index in [1.807, 2.05) is 0 Å². The van der Waals surface area contributed by atoms with Crippen LogP contribution in [0.2, 0.25) is 0 Å². The molecule has 0 spiro atoms. The number of amides is 2. The van der Waals surface area contributed by atoms with Crippen LogP contribution in [0.5, 0.6) is 0 Å². The smallest absolute Gasteiger partial charge is 0.318 e. The van der Waals surface area contributed by atoms with Crippen LogP contribution in [0.15, 0.2) is 0 Å². The number of urea groups is 1. The Morgan fingerprint density at radius 1 is 1.44 bits per heavy atom. The second-order valence-corrected chi connectivity index (χ2v) is 4.51. The molecule has 16 heavy (non-hydrogen) atoms. The van der Waals surface area contributed by atoms with Crippen molar-refractivity contribution in [2.24, 2.45) is 0 Å². The third-order valence-corrected chi connectivity index (χ3v) is 3.37. The summed E-state index contributed by atoms with van der Waals surface area (Å²) in [5.74, 6) is 0. The number of hydrogen-bond acceptors (Lipinski definition) is 3. The minimum Gasteiger partial charge on any atom is -0.395 e. The summed E-state index contributed by atoms with van der Waals surface area (Å²) in [4.78, 5) is 13.7. The van der Waals surface area contributed by atoms with Gasteiger partial charge in [0.2, 0.25) is 0 Å². The van der Waals surface area contributed by atoms with Crippen molar-refractivity contribution in [2.75, 3.05) is 26.4 Å². The molecule has 1 heterocycles. The third kappa shape index (κ3) is 2.65. The second kappa shape index (κ2) is 5.50. The minimum atomic E-state index is -0.0470. The standard InChI is InChI=1S/C11H20N2O3/c14-6-5-13(10-2-1-3-10)11(15)12-9-4-7-16-8-9/h9-10,14H,1-8H2,(H,12,15). The van der Waals surface area contributed by atoms with E-state index in [0.29, 0.717) is 19.2 Å². The summed E-state index contributed by atoms with van der Waals surface area (Å²) in [5.41, 5.74) is 0. The molecule has 0 radical (unpaired) electrons. The van der Waals surface area contributed by atoms with Gasteiger partial charge in [0.05, 0.1) is 19.3 Å². The molecule has 1 aliphatic carbocycles. The number of hydrogen-bond donors (Lipinski definition) is 2. The SMILES string of the molecule is O=C(NC1CCOC1)N(CCO)C1CCC1.